The Bertz CT molecular complexity index is 781. The first-order chi connectivity index (χ1) is 10.8. The Morgan fingerprint density at radius 3 is 2.35 bits per heavy atom. The zero-order valence-electron chi connectivity index (χ0n) is 11.8. The Labute approximate surface area is 147 Å². The average Bonchev–Trinajstić information content (AvgIpc) is 2.46. The molecule has 0 unspecified atom stereocenters. The summed E-state index contributed by atoms with van der Waals surface area (Å²) >= 11 is 17.7. The molecule has 0 aliphatic rings. The standard InChI is InChI=1S/C15H11Cl3N2O3/c1-8(11-4-2-9(16)6-13(11)18)19-15(21)12-5-3-10(17)7-14(12)20(22)23/h2-8H,1H3,(H,19,21)/t8-/m1/s1. The Balaban J connectivity index is 2.27. The van der Waals surface area contributed by atoms with E-state index in [4.69, 9.17) is 34.8 Å². The third-order valence-corrected chi connectivity index (χ3v) is 3.98. The monoisotopic (exact) mass is 372 g/mol. The van der Waals surface area contributed by atoms with Crippen LogP contribution in [0, 0.1) is 10.1 Å². The van der Waals surface area contributed by atoms with Crippen LogP contribution < -0.4 is 5.32 Å². The minimum Gasteiger partial charge on any atom is -0.345 e. The summed E-state index contributed by atoms with van der Waals surface area (Å²) in [4.78, 5) is 22.7. The number of nitrogens with one attached hydrogen (secondary N) is 1. The molecule has 0 fully saturated rings. The summed E-state index contributed by atoms with van der Waals surface area (Å²) in [5, 5.41) is 14.8. The predicted octanol–water partition coefficient (Wildman–Crippen LogP) is 5.05. The van der Waals surface area contributed by atoms with E-state index < -0.39 is 16.9 Å². The van der Waals surface area contributed by atoms with E-state index in [0.29, 0.717) is 15.6 Å². The Kier molecular flexibility index (Phi) is 5.46. The van der Waals surface area contributed by atoms with Crippen molar-refractivity contribution in [1.82, 2.24) is 5.32 Å². The quantitative estimate of drug-likeness (QED) is 0.602. The van der Waals surface area contributed by atoms with Gasteiger partial charge >= 0.3 is 0 Å². The molecule has 0 spiro atoms. The average molecular weight is 374 g/mol. The molecular formula is C15H11Cl3N2O3. The summed E-state index contributed by atoms with van der Waals surface area (Å²) in [5.41, 5.74) is 0.224. The topological polar surface area (TPSA) is 72.2 Å². The first-order valence-electron chi connectivity index (χ1n) is 6.49. The second kappa shape index (κ2) is 7.17. The molecule has 1 atom stereocenters. The third-order valence-electron chi connectivity index (χ3n) is 3.18. The molecule has 2 rings (SSSR count). The fourth-order valence-corrected chi connectivity index (χ4v) is 2.79. The normalized spacial score (nSPS) is 11.8. The summed E-state index contributed by atoms with van der Waals surface area (Å²) in [6.07, 6.45) is 0. The number of carbonyl (C=O) groups excluding carboxylic acids is 1. The van der Waals surface area contributed by atoms with Gasteiger partial charge in [-0.15, -0.1) is 0 Å². The highest BCUT2D eigenvalue weighted by Crippen LogP contribution is 2.28. The third kappa shape index (κ3) is 4.13. The zero-order chi connectivity index (χ0) is 17.1. The van der Waals surface area contributed by atoms with Crippen LogP contribution in [0.5, 0.6) is 0 Å². The fraction of sp³-hybridized carbons (Fsp3) is 0.133. The molecule has 5 nitrogen and oxygen atoms in total. The number of nitro groups is 1. The second-order valence-electron chi connectivity index (χ2n) is 4.78. The van der Waals surface area contributed by atoms with Crippen LogP contribution >= 0.6 is 34.8 Å². The van der Waals surface area contributed by atoms with E-state index in [0.717, 1.165) is 6.07 Å². The Morgan fingerprint density at radius 2 is 1.74 bits per heavy atom. The van der Waals surface area contributed by atoms with Crippen LogP contribution in [0.1, 0.15) is 28.9 Å². The molecule has 0 radical (unpaired) electrons. The van der Waals surface area contributed by atoms with Gasteiger partial charge in [0.25, 0.3) is 11.6 Å². The van der Waals surface area contributed by atoms with Crippen LogP contribution in [0.15, 0.2) is 36.4 Å². The number of nitrogens with zero attached hydrogens (tertiary/aromatic N) is 1. The molecule has 23 heavy (non-hydrogen) atoms. The minimum absolute atomic E-state index is 0.0728. The summed E-state index contributed by atoms with van der Waals surface area (Å²) < 4.78 is 0. The van der Waals surface area contributed by atoms with E-state index >= 15 is 0 Å². The van der Waals surface area contributed by atoms with Gasteiger partial charge in [0.15, 0.2) is 0 Å². The highest BCUT2D eigenvalue weighted by molar-refractivity contribution is 6.35. The van der Waals surface area contributed by atoms with E-state index in [-0.39, 0.29) is 16.3 Å². The van der Waals surface area contributed by atoms with Crippen LogP contribution in [0.4, 0.5) is 5.69 Å². The molecule has 120 valence electrons. The highest BCUT2D eigenvalue weighted by Gasteiger charge is 2.22. The number of carbonyl (C=O) groups is 1. The van der Waals surface area contributed by atoms with E-state index in [1.807, 2.05) is 0 Å². The van der Waals surface area contributed by atoms with Crippen molar-refractivity contribution in [3.05, 3.63) is 72.7 Å². The van der Waals surface area contributed by atoms with E-state index in [9.17, 15) is 14.9 Å². The van der Waals surface area contributed by atoms with Gasteiger partial charge in [-0.2, -0.15) is 0 Å². The van der Waals surface area contributed by atoms with Gasteiger partial charge in [0, 0.05) is 21.1 Å². The molecule has 0 saturated carbocycles. The molecule has 0 bridgehead atoms. The van der Waals surface area contributed by atoms with Crippen molar-refractivity contribution >= 4 is 46.4 Å². The lowest BCUT2D eigenvalue weighted by molar-refractivity contribution is -0.385. The minimum atomic E-state index is -0.652. The van der Waals surface area contributed by atoms with Crippen molar-refractivity contribution in [3.8, 4) is 0 Å². The Morgan fingerprint density at radius 1 is 1.13 bits per heavy atom. The summed E-state index contributed by atoms with van der Waals surface area (Å²) in [7, 11) is 0. The number of halogens is 3. The van der Waals surface area contributed by atoms with Crippen molar-refractivity contribution in [2.45, 2.75) is 13.0 Å². The maximum absolute atomic E-state index is 12.3. The SMILES string of the molecule is C[C@@H](NC(=O)c1ccc(Cl)cc1[N+](=O)[O-])c1ccc(Cl)cc1Cl. The van der Waals surface area contributed by atoms with Crippen LogP contribution in [0.2, 0.25) is 15.1 Å². The molecule has 8 heteroatoms. The van der Waals surface area contributed by atoms with Crippen molar-refractivity contribution in [3.63, 3.8) is 0 Å². The summed E-state index contributed by atoms with van der Waals surface area (Å²) in [6.45, 7) is 1.72. The van der Waals surface area contributed by atoms with Crippen molar-refractivity contribution in [2.75, 3.05) is 0 Å². The largest absolute Gasteiger partial charge is 0.345 e. The number of hydrogen-bond donors (Lipinski definition) is 1. The van der Waals surface area contributed by atoms with Gasteiger partial charge in [-0.25, -0.2) is 0 Å². The lowest BCUT2D eigenvalue weighted by Gasteiger charge is -2.16. The smallest absolute Gasteiger partial charge is 0.283 e. The molecule has 1 amide bonds. The molecule has 0 aromatic heterocycles. The van der Waals surface area contributed by atoms with Gasteiger partial charge in [0.05, 0.1) is 11.0 Å². The molecule has 1 N–H and O–H groups in total. The van der Waals surface area contributed by atoms with Crippen molar-refractivity contribution < 1.29 is 9.72 Å². The van der Waals surface area contributed by atoms with Gasteiger partial charge in [-0.05, 0) is 36.8 Å². The Hall–Kier alpha value is -1.82. The number of nitro benzene ring substituents is 1. The molecule has 0 heterocycles. The van der Waals surface area contributed by atoms with E-state index in [1.165, 1.54) is 12.1 Å². The highest BCUT2D eigenvalue weighted by atomic mass is 35.5. The van der Waals surface area contributed by atoms with Gasteiger partial charge < -0.3 is 5.32 Å². The van der Waals surface area contributed by atoms with Gasteiger partial charge in [0.1, 0.15) is 5.56 Å². The molecule has 0 aliphatic heterocycles. The predicted molar refractivity (Wildman–Crippen MR) is 90.4 cm³/mol. The number of rotatable bonds is 4. The lowest BCUT2D eigenvalue weighted by Crippen LogP contribution is -2.27. The molecule has 2 aromatic carbocycles. The number of hydrogen-bond acceptors (Lipinski definition) is 3. The van der Waals surface area contributed by atoms with Crippen LogP contribution in [0.3, 0.4) is 0 Å². The van der Waals surface area contributed by atoms with E-state index in [2.05, 4.69) is 5.32 Å². The van der Waals surface area contributed by atoms with Crippen molar-refractivity contribution in [1.29, 1.82) is 0 Å². The molecule has 2 aromatic rings. The number of benzene rings is 2. The fourth-order valence-electron chi connectivity index (χ4n) is 2.05. The second-order valence-corrected chi connectivity index (χ2v) is 6.06. The van der Waals surface area contributed by atoms with Crippen LogP contribution in [-0.2, 0) is 0 Å². The van der Waals surface area contributed by atoms with Crippen LogP contribution in [-0.4, -0.2) is 10.8 Å². The maximum atomic E-state index is 12.3. The van der Waals surface area contributed by atoms with Gasteiger partial charge in [-0.1, -0.05) is 40.9 Å². The van der Waals surface area contributed by atoms with Crippen LogP contribution in [0.25, 0.3) is 0 Å². The number of amides is 1. The van der Waals surface area contributed by atoms with Gasteiger partial charge in [0.2, 0.25) is 0 Å². The maximum Gasteiger partial charge on any atom is 0.283 e. The molecule has 0 saturated heterocycles. The summed E-state index contributed by atoms with van der Waals surface area (Å²) in [5.74, 6) is -0.591. The summed E-state index contributed by atoms with van der Waals surface area (Å²) in [6, 6.07) is 8.31. The lowest BCUT2D eigenvalue weighted by atomic mass is 10.1. The first kappa shape index (κ1) is 17.5. The molecular weight excluding hydrogens is 363 g/mol. The molecule has 0 aliphatic carbocycles. The first-order valence-corrected chi connectivity index (χ1v) is 7.62. The zero-order valence-corrected chi connectivity index (χ0v) is 14.1. The van der Waals surface area contributed by atoms with Gasteiger partial charge in [-0.3, -0.25) is 14.9 Å². The van der Waals surface area contributed by atoms with E-state index in [1.54, 1.807) is 25.1 Å². The van der Waals surface area contributed by atoms with Crippen molar-refractivity contribution in [2.24, 2.45) is 0 Å².